The van der Waals surface area contributed by atoms with Crippen LogP contribution in [0, 0.1) is 0 Å². The van der Waals surface area contributed by atoms with Crippen LogP contribution in [0.5, 0.6) is 11.5 Å². The van der Waals surface area contributed by atoms with E-state index in [9.17, 15) is 13.2 Å². The number of anilines is 2. The van der Waals surface area contributed by atoms with Crippen LogP contribution in [0.4, 0.5) is 11.4 Å². The minimum Gasteiger partial charge on any atom is -0.490 e. The van der Waals surface area contributed by atoms with Crippen molar-refractivity contribution < 1.29 is 27.4 Å². The van der Waals surface area contributed by atoms with Crippen molar-refractivity contribution in [1.29, 1.82) is 0 Å². The van der Waals surface area contributed by atoms with Crippen molar-refractivity contribution in [2.24, 2.45) is 0 Å². The molecule has 0 fully saturated rings. The first kappa shape index (κ1) is 20.8. The van der Waals surface area contributed by atoms with Crippen molar-refractivity contribution in [3.8, 4) is 11.5 Å². The van der Waals surface area contributed by atoms with Gasteiger partial charge in [0.2, 0.25) is 0 Å². The number of carbonyl (C=O) groups excluding carboxylic acids is 1. The third-order valence-corrected chi connectivity index (χ3v) is 5.53. The van der Waals surface area contributed by atoms with Crippen LogP contribution in [0.2, 0.25) is 0 Å². The molecule has 1 aliphatic heterocycles. The third-order valence-electron chi connectivity index (χ3n) is 4.17. The van der Waals surface area contributed by atoms with Gasteiger partial charge < -0.3 is 19.5 Å². The summed E-state index contributed by atoms with van der Waals surface area (Å²) in [5.41, 5.74) is 1.06. The molecular weight excluding hydrogens is 396 g/mol. The average Bonchev–Trinajstić information content (AvgIpc) is 2.94. The molecule has 0 aromatic heterocycles. The first-order valence-corrected chi connectivity index (χ1v) is 10.9. The first-order valence-electron chi connectivity index (χ1n) is 9.42. The van der Waals surface area contributed by atoms with Crippen molar-refractivity contribution >= 4 is 27.4 Å². The highest BCUT2D eigenvalue weighted by Crippen LogP contribution is 2.33. The molecule has 9 heteroatoms. The predicted octanol–water partition coefficient (Wildman–Crippen LogP) is 3.26. The molecule has 1 heterocycles. The lowest BCUT2D eigenvalue weighted by atomic mass is 10.1. The van der Waals surface area contributed by atoms with Crippen molar-refractivity contribution in [3.63, 3.8) is 0 Å². The Kier molecular flexibility index (Phi) is 6.48. The van der Waals surface area contributed by atoms with E-state index < -0.39 is 16.0 Å². The van der Waals surface area contributed by atoms with Crippen LogP contribution >= 0.6 is 0 Å². The third kappa shape index (κ3) is 4.92. The topological polar surface area (TPSA) is 103 Å². The molecule has 8 nitrogen and oxygen atoms in total. The zero-order chi connectivity index (χ0) is 20.9. The molecule has 0 saturated carbocycles. The average molecular weight is 420 g/mol. The molecule has 0 amide bonds. The Morgan fingerprint density at radius 3 is 2.52 bits per heavy atom. The van der Waals surface area contributed by atoms with Crippen molar-refractivity contribution in [1.82, 2.24) is 0 Å². The van der Waals surface area contributed by atoms with E-state index in [4.69, 9.17) is 14.2 Å². The van der Waals surface area contributed by atoms with Gasteiger partial charge in [-0.1, -0.05) is 0 Å². The maximum Gasteiger partial charge on any atom is 0.338 e. The van der Waals surface area contributed by atoms with Crippen molar-refractivity contribution in [2.45, 2.75) is 25.2 Å². The zero-order valence-electron chi connectivity index (χ0n) is 16.4. The fourth-order valence-electron chi connectivity index (χ4n) is 2.83. The van der Waals surface area contributed by atoms with Gasteiger partial charge in [-0.25, -0.2) is 13.2 Å². The summed E-state index contributed by atoms with van der Waals surface area (Å²) >= 11 is 0. The van der Waals surface area contributed by atoms with Gasteiger partial charge in [-0.3, -0.25) is 4.72 Å². The van der Waals surface area contributed by atoms with Gasteiger partial charge in [0.15, 0.2) is 11.5 Å². The molecule has 29 heavy (non-hydrogen) atoms. The zero-order valence-corrected chi connectivity index (χ0v) is 17.2. The molecule has 0 saturated heterocycles. The fraction of sp³-hybridized carbons (Fsp3) is 0.350. The maximum atomic E-state index is 13.0. The Bertz CT molecular complexity index is 990. The van der Waals surface area contributed by atoms with Crippen LogP contribution in [0.1, 0.15) is 30.6 Å². The number of nitrogens with one attached hydrogen (secondary N) is 2. The minimum atomic E-state index is -3.93. The summed E-state index contributed by atoms with van der Waals surface area (Å²) in [6.07, 6.45) is 0.724. The van der Waals surface area contributed by atoms with Gasteiger partial charge in [0.05, 0.1) is 41.7 Å². The SMILES string of the molecule is CCNc1ccc(C(=O)OCC)cc1NS(=O)(=O)c1ccc2c(c1)OCCCO2. The molecular formula is C20H24N2O6S. The van der Waals surface area contributed by atoms with E-state index in [1.807, 2.05) is 6.92 Å². The van der Waals surface area contributed by atoms with E-state index in [0.29, 0.717) is 36.9 Å². The molecule has 2 aromatic rings. The number of hydrogen-bond donors (Lipinski definition) is 2. The highest BCUT2D eigenvalue weighted by molar-refractivity contribution is 7.92. The number of esters is 1. The van der Waals surface area contributed by atoms with Crippen molar-refractivity contribution in [3.05, 3.63) is 42.0 Å². The van der Waals surface area contributed by atoms with E-state index in [-0.39, 0.29) is 22.8 Å². The molecule has 2 aromatic carbocycles. The van der Waals surface area contributed by atoms with E-state index in [1.165, 1.54) is 18.2 Å². The van der Waals surface area contributed by atoms with Gasteiger partial charge >= 0.3 is 5.97 Å². The summed E-state index contributed by atoms with van der Waals surface area (Å²) < 4.78 is 44.7. The molecule has 0 radical (unpaired) electrons. The fourth-order valence-corrected chi connectivity index (χ4v) is 3.91. The second kappa shape index (κ2) is 9.04. The second-order valence-corrected chi connectivity index (χ2v) is 7.96. The lowest BCUT2D eigenvalue weighted by Gasteiger charge is -2.16. The van der Waals surface area contributed by atoms with Crippen molar-refractivity contribution in [2.75, 3.05) is 36.4 Å². The van der Waals surface area contributed by atoms with Gasteiger partial charge in [-0.15, -0.1) is 0 Å². The highest BCUT2D eigenvalue weighted by Gasteiger charge is 2.21. The molecule has 2 N–H and O–H groups in total. The number of sulfonamides is 1. The predicted molar refractivity (Wildman–Crippen MR) is 109 cm³/mol. The number of ether oxygens (including phenoxy) is 3. The monoisotopic (exact) mass is 420 g/mol. The Balaban J connectivity index is 1.93. The lowest BCUT2D eigenvalue weighted by molar-refractivity contribution is 0.0526. The molecule has 156 valence electrons. The Hall–Kier alpha value is -2.94. The van der Waals surface area contributed by atoms with Gasteiger partial charge in [0.25, 0.3) is 10.0 Å². The van der Waals surface area contributed by atoms with Crippen LogP contribution in [-0.2, 0) is 14.8 Å². The largest absolute Gasteiger partial charge is 0.490 e. The summed E-state index contributed by atoms with van der Waals surface area (Å²) in [5, 5.41) is 3.08. The van der Waals surface area contributed by atoms with Crippen LogP contribution in [0.15, 0.2) is 41.3 Å². The summed E-state index contributed by atoms with van der Waals surface area (Å²) in [4.78, 5) is 12.1. The number of hydrogen-bond acceptors (Lipinski definition) is 7. The number of rotatable bonds is 7. The van der Waals surface area contributed by atoms with Crippen LogP contribution in [-0.4, -0.2) is 40.8 Å². The molecule has 1 aliphatic rings. The Labute approximate surface area is 170 Å². The lowest BCUT2D eigenvalue weighted by Crippen LogP contribution is -2.16. The normalized spacial score (nSPS) is 13.3. The molecule has 0 spiro atoms. The molecule has 0 bridgehead atoms. The van der Waals surface area contributed by atoms with E-state index in [0.717, 1.165) is 6.42 Å². The first-order chi connectivity index (χ1) is 13.9. The molecule has 3 rings (SSSR count). The smallest absolute Gasteiger partial charge is 0.338 e. The summed E-state index contributed by atoms with van der Waals surface area (Å²) in [6.45, 7) is 5.38. The maximum absolute atomic E-state index is 13.0. The molecule has 0 unspecified atom stereocenters. The van der Waals surface area contributed by atoms with Crippen LogP contribution in [0.3, 0.4) is 0 Å². The molecule has 0 atom stereocenters. The quantitative estimate of drug-likeness (QED) is 0.663. The Morgan fingerprint density at radius 1 is 1.03 bits per heavy atom. The van der Waals surface area contributed by atoms with Gasteiger partial charge in [-0.2, -0.15) is 0 Å². The second-order valence-electron chi connectivity index (χ2n) is 6.28. The summed E-state index contributed by atoms with van der Waals surface area (Å²) in [7, 11) is -3.93. The number of carbonyl (C=O) groups is 1. The van der Waals surface area contributed by atoms with E-state index in [1.54, 1.807) is 25.1 Å². The van der Waals surface area contributed by atoms with Gasteiger partial charge in [-0.05, 0) is 44.2 Å². The molecule has 0 aliphatic carbocycles. The van der Waals surface area contributed by atoms with Crippen LogP contribution < -0.4 is 19.5 Å². The number of benzene rings is 2. The van der Waals surface area contributed by atoms with Crippen LogP contribution in [0.25, 0.3) is 0 Å². The number of fused-ring (bicyclic) bond motifs is 1. The van der Waals surface area contributed by atoms with Gasteiger partial charge in [0, 0.05) is 19.0 Å². The minimum absolute atomic E-state index is 0.0331. The standard InChI is InChI=1S/C20H24N2O6S/c1-3-21-16-8-6-14(20(23)26-4-2)12-17(16)22-29(24,25)15-7-9-18-19(13-15)28-11-5-10-27-18/h6-9,12-13,21-22H,3-5,10-11H2,1-2H3. The summed E-state index contributed by atoms with van der Waals surface area (Å²) in [5.74, 6) is 0.378. The summed E-state index contributed by atoms with van der Waals surface area (Å²) in [6, 6.07) is 9.15. The van der Waals surface area contributed by atoms with E-state index >= 15 is 0 Å². The van der Waals surface area contributed by atoms with E-state index in [2.05, 4.69) is 10.0 Å². The Morgan fingerprint density at radius 2 is 1.79 bits per heavy atom. The highest BCUT2D eigenvalue weighted by atomic mass is 32.2. The van der Waals surface area contributed by atoms with Gasteiger partial charge in [0.1, 0.15) is 0 Å².